The first-order valence-electron chi connectivity index (χ1n) is 4.62. The number of hydrogen-bond acceptors (Lipinski definition) is 3. The Balaban J connectivity index is 2.44. The zero-order valence-electron chi connectivity index (χ0n) is 8.38. The third-order valence-corrected chi connectivity index (χ3v) is 2.34. The van der Waals surface area contributed by atoms with Crippen molar-refractivity contribution < 1.29 is 9.47 Å². The zero-order valence-corrected chi connectivity index (χ0v) is 8.38. The highest BCUT2D eigenvalue weighted by molar-refractivity contribution is 5.88. The number of hydrogen-bond donors (Lipinski definition) is 1. The van der Waals surface area contributed by atoms with Crippen LogP contribution in [-0.2, 0) is 9.47 Å². The summed E-state index contributed by atoms with van der Waals surface area (Å²) in [5.41, 5.74) is 5.50. The lowest BCUT2D eigenvalue weighted by Gasteiger charge is -2.22. The lowest BCUT2D eigenvalue weighted by atomic mass is 10.0. The maximum absolute atomic E-state index is 5.82. The molecule has 4 nitrogen and oxygen atoms in total. The zero-order chi connectivity index (χ0) is 9.73. The summed E-state index contributed by atoms with van der Waals surface area (Å²) >= 11 is 0. The first-order chi connectivity index (χ1) is 6.19. The van der Waals surface area contributed by atoms with E-state index in [4.69, 9.17) is 15.2 Å². The van der Waals surface area contributed by atoms with Gasteiger partial charge in [0.15, 0.2) is 0 Å². The molecule has 4 heteroatoms. The average Bonchev–Trinajstić information content (AvgIpc) is 2.54. The number of amidine groups is 1. The van der Waals surface area contributed by atoms with Gasteiger partial charge in [-0.1, -0.05) is 0 Å². The van der Waals surface area contributed by atoms with E-state index in [9.17, 15) is 0 Å². The van der Waals surface area contributed by atoms with Crippen molar-refractivity contribution in [3.8, 4) is 0 Å². The van der Waals surface area contributed by atoms with Crippen molar-refractivity contribution in [3.63, 3.8) is 0 Å². The molecule has 0 radical (unpaired) electrons. The quantitative estimate of drug-likeness (QED) is 0.396. The van der Waals surface area contributed by atoms with Crippen LogP contribution in [0.4, 0.5) is 0 Å². The second-order valence-electron chi connectivity index (χ2n) is 3.44. The molecule has 1 unspecified atom stereocenters. The van der Waals surface area contributed by atoms with Crippen molar-refractivity contribution in [3.05, 3.63) is 0 Å². The van der Waals surface area contributed by atoms with Crippen LogP contribution in [0.1, 0.15) is 19.8 Å². The van der Waals surface area contributed by atoms with Gasteiger partial charge < -0.3 is 15.2 Å². The summed E-state index contributed by atoms with van der Waals surface area (Å²) in [4.78, 5) is 4.21. The number of ether oxygens (including phenoxy) is 2. The molecule has 13 heavy (non-hydrogen) atoms. The van der Waals surface area contributed by atoms with Gasteiger partial charge in [-0.2, -0.15) is 0 Å². The molecule has 0 spiro atoms. The Hall–Kier alpha value is -0.610. The van der Waals surface area contributed by atoms with Crippen molar-refractivity contribution in [2.24, 2.45) is 10.7 Å². The highest BCUT2D eigenvalue weighted by Crippen LogP contribution is 2.24. The van der Waals surface area contributed by atoms with E-state index in [-0.39, 0.29) is 5.60 Å². The van der Waals surface area contributed by atoms with Crippen LogP contribution in [0.25, 0.3) is 0 Å². The maximum atomic E-state index is 5.82. The minimum Gasteiger partial charge on any atom is -0.385 e. The molecule has 1 atom stereocenters. The Labute approximate surface area is 79.1 Å². The fourth-order valence-electron chi connectivity index (χ4n) is 1.41. The molecule has 0 aromatic rings. The highest BCUT2D eigenvalue weighted by Gasteiger charge is 2.33. The molecule has 1 fully saturated rings. The first kappa shape index (κ1) is 10.5. The summed E-state index contributed by atoms with van der Waals surface area (Å²) in [5.74, 6) is 0.599. The van der Waals surface area contributed by atoms with Crippen LogP contribution in [0.5, 0.6) is 0 Å². The Morgan fingerprint density at radius 3 is 3.00 bits per heavy atom. The molecule has 0 bridgehead atoms. The summed E-state index contributed by atoms with van der Waals surface area (Å²) in [6.45, 7) is 4.00. The van der Waals surface area contributed by atoms with Gasteiger partial charge in [-0.15, -0.1) is 0 Å². The lowest BCUT2D eigenvalue weighted by Crippen LogP contribution is -2.40. The predicted octanol–water partition coefficient (Wildman–Crippen LogP) is 0.559. The standard InChI is InChI=1S/C9H18N2O2/c1-9(4-3-6-13-9)8(10)11-5-7-12-2/h3-7H2,1-2H3,(H2,10,11). The third-order valence-electron chi connectivity index (χ3n) is 2.34. The van der Waals surface area contributed by atoms with Crippen molar-refractivity contribution in [2.45, 2.75) is 25.4 Å². The Morgan fingerprint density at radius 1 is 1.69 bits per heavy atom. The number of aliphatic imine (C=N–C) groups is 1. The van der Waals surface area contributed by atoms with E-state index in [0.29, 0.717) is 19.0 Å². The maximum Gasteiger partial charge on any atom is 0.126 e. The average molecular weight is 186 g/mol. The van der Waals surface area contributed by atoms with Crippen molar-refractivity contribution in [1.29, 1.82) is 0 Å². The van der Waals surface area contributed by atoms with Gasteiger partial charge in [0.2, 0.25) is 0 Å². The predicted molar refractivity (Wildman–Crippen MR) is 52.0 cm³/mol. The van der Waals surface area contributed by atoms with E-state index in [0.717, 1.165) is 19.4 Å². The molecule has 2 N–H and O–H groups in total. The number of nitrogens with zero attached hydrogens (tertiary/aromatic N) is 1. The van der Waals surface area contributed by atoms with E-state index in [1.165, 1.54) is 0 Å². The first-order valence-corrected chi connectivity index (χ1v) is 4.62. The molecule has 0 amide bonds. The molecule has 0 saturated carbocycles. The van der Waals surface area contributed by atoms with Crippen molar-refractivity contribution >= 4 is 5.84 Å². The molecular weight excluding hydrogens is 168 g/mol. The molecular formula is C9H18N2O2. The van der Waals surface area contributed by atoms with Gasteiger partial charge in [0.25, 0.3) is 0 Å². The summed E-state index contributed by atoms with van der Waals surface area (Å²) in [7, 11) is 1.65. The molecule has 0 aromatic heterocycles. The SMILES string of the molecule is COCCN=C(N)C1(C)CCCO1. The molecule has 1 aliphatic heterocycles. The lowest BCUT2D eigenvalue weighted by molar-refractivity contribution is 0.0762. The van der Waals surface area contributed by atoms with Gasteiger partial charge in [-0.05, 0) is 19.8 Å². The summed E-state index contributed by atoms with van der Waals surface area (Å²) in [5, 5.41) is 0. The smallest absolute Gasteiger partial charge is 0.126 e. The van der Waals surface area contributed by atoms with E-state index >= 15 is 0 Å². The molecule has 0 aliphatic carbocycles. The van der Waals surface area contributed by atoms with E-state index in [1.54, 1.807) is 7.11 Å². The molecule has 1 heterocycles. The van der Waals surface area contributed by atoms with Crippen LogP contribution in [0.3, 0.4) is 0 Å². The van der Waals surface area contributed by atoms with Gasteiger partial charge in [-0.3, -0.25) is 4.99 Å². The fourth-order valence-corrected chi connectivity index (χ4v) is 1.41. The fraction of sp³-hybridized carbons (Fsp3) is 0.889. The Kier molecular flexibility index (Phi) is 3.69. The van der Waals surface area contributed by atoms with Crippen molar-refractivity contribution in [1.82, 2.24) is 0 Å². The number of rotatable bonds is 4. The van der Waals surface area contributed by atoms with Gasteiger partial charge >= 0.3 is 0 Å². The Bertz CT molecular complexity index is 186. The van der Waals surface area contributed by atoms with Crippen LogP contribution in [0.15, 0.2) is 4.99 Å². The summed E-state index contributed by atoms with van der Waals surface area (Å²) in [6.07, 6.45) is 2.03. The van der Waals surface area contributed by atoms with Gasteiger partial charge in [-0.25, -0.2) is 0 Å². The second kappa shape index (κ2) is 4.58. The van der Waals surface area contributed by atoms with Gasteiger partial charge in [0.05, 0.1) is 13.2 Å². The third kappa shape index (κ3) is 2.67. The molecule has 1 saturated heterocycles. The second-order valence-corrected chi connectivity index (χ2v) is 3.44. The Morgan fingerprint density at radius 2 is 2.46 bits per heavy atom. The highest BCUT2D eigenvalue weighted by atomic mass is 16.5. The number of methoxy groups -OCH3 is 1. The van der Waals surface area contributed by atoms with Gasteiger partial charge in [0, 0.05) is 13.7 Å². The van der Waals surface area contributed by atoms with E-state index < -0.39 is 0 Å². The monoisotopic (exact) mass is 186 g/mol. The molecule has 76 valence electrons. The normalized spacial score (nSPS) is 29.5. The van der Waals surface area contributed by atoms with E-state index in [2.05, 4.69) is 4.99 Å². The van der Waals surface area contributed by atoms with E-state index in [1.807, 2.05) is 6.92 Å². The minimum atomic E-state index is -0.326. The summed E-state index contributed by atoms with van der Waals surface area (Å²) in [6, 6.07) is 0. The van der Waals surface area contributed by atoms with Gasteiger partial charge in [0.1, 0.15) is 11.4 Å². The molecule has 1 rings (SSSR count). The summed E-state index contributed by atoms with van der Waals surface area (Å²) < 4.78 is 10.4. The number of nitrogens with two attached hydrogens (primary N) is 1. The van der Waals surface area contributed by atoms with Crippen LogP contribution in [-0.4, -0.2) is 38.3 Å². The van der Waals surface area contributed by atoms with Crippen LogP contribution in [0.2, 0.25) is 0 Å². The molecule has 0 aromatic carbocycles. The minimum absolute atomic E-state index is 0.326. The van der Waals surface area contributed by atoms with Crippen molar-refractivity contribution in [2.75, 3.05) is 26.9 Å². The molecule has 1 aliphatic rings. The van der Waals surface area contributed by atoms with Crippen LogP contribution >= 0.6 is 0 Å². The largest absolute Gasteiger partial charge is 0.385 e. The van der Waals surface area contributed by atoms with Crippen LogP contribution < -0.4 is 5.73 Å². The topological polar surface area (TPSA) is 56.8 Å². The van der Waals surface area contributed by atoms with Crippen LogP contribution in [0, 0.1) is 0 Å².